The molecule has 0 unspecified atom stereocenters. The van der Waals surface area contributed by atoms with Crippen LogP contribution in [0.1, 0.15) is 16.8 Å². The van der Waals surface area contributed by atoms with E-state index >= 15 is 0 Å². The van der Waals surface area contributed by atoms with Crippen molar-refractivity contribution in [1.29, 1.82) is 0 Å². The van der Waals surface area contributed by atoms with Crippen LogP contribution >= 0.6 is 0 Å². The average molecular weight is 265 g/mol. The Morgan fingerprint density at radius 1 is 1.00 bits per heavy atom. The fraction of sp³-hybridized carbons (Fsp3) is 0.222. The van der Waals surface area contributed by atoms with Crippen LogP contribution in [0.3, 0.4) is 0 Å². The molecule has 0 N–H and O–H groups in total. The zero-order valence-electron chi connectivity index (χ0n) is 12.2. The number of aryl methyl sites for hydroxylation is 2. The van der Waals surface area contributed by atoms with Gasteiger partial charge in [-0.15, -0.1) is 0 Å². The van der Waals surface area contributed by atoms with Gasteiger partial charge >= 0.3 is 0 Å². The maximum Gasteiger partial charge on any atom is 0.128 e. The summed E-state index contributed by atoms with van der Waals surface area (Å²) >= 11 is 0. The number of fused-ring (bicyclic) bond motifs is 1. The summed E-state index contributed by atoms with van der Waals surface area (Å²) < 4.78 is 7.80. The van der Waals surface area contributed by atoms with Crippen LogP contribution in [0, 0.1) is 13.8 Å². The van der Waals surface area contributed by atoms with E-state index in [0.29, 0.717) is 0 Å². The van der Waals surface area contributed by atoms with Gasteiger partial charge in [0.05, 0.1) is 12.6 Å². The highest BCUT2D eigenvalue weighted by atomic mass is 16.5. The standard InChI is InChI=1S/C18H19NO/c1-13-7-4-5-8-15(13)12-19-14(2)11-16-17(19)9-6-10-18(16)20-3/h4-11H,12H2,1-3H3. The second kappa shape index (κ2) is 5.04. The summed E-state index contributed by atoms with van der Waals surface area (Å²) in [4.78, 5) is 0. The van der Waals surface area contributed by atoms with Gasteiger partial charge in [0.25, 0.3) is 0 Å². The number of hydrogen-bond donors (Lipinski definition) is 0. The topological polar surface area (TPSA) is 14.2 Å². The minimum Gasteiger partial charge on any atom is -0.496 e. The van der Waals surface area contributed by atoms with Crippen molar-refractivity contribution in [3.05, 3.63) is 65.4 Å². The van der Waals surface area contributed by atoms with Crippen LogP contribution in [0.25, 0.3) is 10.9 Å². The normalized spacial score (nSPS) is 10.9. The maximum absolute atomic E-state index is 5.46. The van der Waals surface area contributed by atoms with Crippen molar-refractivity contribution in [2.24, 2.45) is 0 Å². The van der Waals surface area contributed by atoms with Crippen molar-refractivity contribution in [2.45, 2.75) is 20.4 Å². The van der Waals surface area contributed by atoms with E-state index in [0.717, 1.165) is 12.3 Å². The van der Waals surface area contributed by atoms with Crippen molar-refractivity contribution in [3.63, 3.8) is 0 Å². The summed E-state index contributed by atoms with van der Waals surface area (Å²) in [5, 5.41) is 1.18. The Kier molecular flexibility index (Phi) is 3.23. The Bertz CT molecular complexity index is 755. The third-order valence-corrected chi connectivity index (χ3v) is 3.92. The van der Waals surface area contributed by atoms with Crippen LogP contribution in [-0.4, -0.2) is 11.7 Å². The molecule has 1 aromatic heterocycles. The molecule has 0 aliphatic rings. The highest BCUT2D eigenvalue weighted by Crippen LogP contribution is 2.29. The van der Waals surface area contributed by atoms with Gasteiger partial charge in [-0.25, -0.2) is 0 Å². The molecule has 2 nitrogen and oxygen atoms in total. The number of nitrogens with zero attached hydrogens (tertiary/aromatic N) is 1. The number of rotatable bonds is 3. The second-order valence-corrected chi connectivity index (χ2v) is 5.19. The predicted octanol–water partition coefficient (Wildman–Crippen LogP) is 4.32. The van der Waals surface area contributed by atoms with E-state index in [1.54, 1.807) is 7.11 Å². The van der Waals surface area contributed by atoms with Gasteiger partial charge in [0.2, 0.25) is 0 Å². The van der Waals surface area contributed by atoms with E-state index in [9.17, 15) is 0 Å². The lowest BCUT2D eigenvalue weighted by Gasteiger charge is -2.11. The molecule has 3 aromatic rings. The molecule has 2 heteroatoms. The molecule has 0 amide bonds. The fourth-order valence-electron chi connectivity index (χ4n) is 2.74. The first-order valence-electron chi connectivity index (χ1n) is 6.88. The SMILES string of the molecule is COc1cccc2c1cc(C)n2Cc1ccccc1C. The molecule has 3 rings (SSSR count). The van der Waals surface area contributed by atoms with Gasteiger partial charge in [-0.2, -0.15) is 0 Å². The minimum atomic E-state index is 0.898. The molecule has 0 saturated heterocycles. The summed E-state index contributed by atoms with van der Waals surface area (Å²) in [6, 6.07) is 17.0. The molecule has 0 saturated carbocycles. The van der Waals surface area contributed by atoms with Crippen molar-refractivity contribution in [2.75, 3.05) is 7.11 Å². The molecule has 0 bridgehead atoms. The Morgan fingerprint density at radius 2 is 1.80 bits per heavy atom. The second-order valence-electron chi connectivity index (χ2n) is 5.19. The average Bonchev–Trinajstić information content (AvgIpc) is 2.77. The Morgan fingerprint density at radius 3 is 2.55 bits per heavy atom. The lowest BCUT2D eigenvalue weighted by atomic mass is 10.1. The Balaban J connectivity index is 2.13. The van der Waals surface area contributed by atoms with Gasteiger partial charge in [0.15, 0.2) is 0 Å². The molecule has 0 aliphatic carbocycles. The first-order chi connectivity index (χ1) is 9.70. The van der Waals surface area contributed by atoms with Crippen molar-refractivity contribution < 1.29 is 4.74 Å². The van der Waals surface area contributed by atoms with Crippen LogP contribution in [0.4, 0.5) is 0 Å². The third kappa shape index (κ3) is 2.07. The zero-order chi connectivity index (χ0) is 14.1. The lowest BCUT2D eigenvalue weighted by Crippen LogP contribution is -2.02. The van der Waals surface area contributed by atoms with Gasteiger partial charge in [-0.1, -0.05) is 30.3 Å². The van der Waals surface area contributed by atoms with E-state index < -0.39 is 0 Å². The summed E-state index contributed by atoms with van der Waals surface area (Å²) in [7, 11) is 1.72. The van der Waals surface area contributed by atoms with Crippen LogP contribution in [0.2, 0.25) is 0 Å². The van der Waals surface area contributed by atoms with Gasteiger partial charge in [0.1, 0.15) is 5.75 Å². The largest absolute Gasteiger partial charge is 0.496 e. The molecule has 0 radical (unpaired) electrons. The first kappa shape index (κ1) is 12.8. The number of hydrogen-bond acceptors (Lipinski definition) is 1. The quantitative estimate of drug-likeness (QED) is 0.688. The van der Waals surface area contributed by atoms with Crippen LogP contribution in [0.5, 0.6) is 5.75 Å². The molecule has 102 valence electrons. The summed E-state index contributed by atoms with van der Waals surface area (Å²) in [5.74, 6) is 0.939. The highest BCUT2D eigenvalue weighted by Gasteiger charge is 2.10. The predicted molar refractivity (Wildman–Crippen MR) is 83.5 cm³/mol. The fourth-order valence-corrected chi connectivity index (χ4v) is 2.74. The molecule has 1 heterocycles. The van der Waals surface area contributed by atoms with E-state index in [1.165, 1.54) is 27.7 Å². The first-order valence-corrected chi connectivity index (χ1v) is 6.88. The van der Waals surface area contributed by atoms with Crippen LogP contribution in [-0.2, 0) is 6.54 Å². The van der Waals surface area contributed by atoms with Gasteiger partial charge < -0.3 is 9.30 Å². The van der Waals surface area contributed by atoms with E-state index in [-0.39, 0.29) is 0 Å². The monoisotopic (exact) mass is 265 g/mol. The summed E-state index contributed by atoms with van der Waals surface area (Å²) in [6.45, 7) is 5.21. The van der Waals surface area contributed by atoms with Crippen LogP contribution in [0.15, 0.2) is 48.5 Å². The molecular weight excluding hydrogens is 246 g/mol. The van der Waals surface area contributed by atoms with E-state index in [4.69, 9.17) is 4.74 Å². The van der Waals surface area contributed by atoms with Crippen LogP contribution < -0.4 is 4.74 Å². The van der Waals surface area contributed by atoms with E-state index in [2.05, 4.69) is 60.9 Å². The van der Waals surface area contributed by atoms with Crippen molar-refractivity contribution in [3.8, 4) is 5.75 Å². The Labute approximate surface area is 119 Å². The van der Waals surface area contributed by atoms with Crippen molar-refractivity contribution >= 4 is 10.9 Å². The molecular formula is C18H19NO. The number of aromatic nitrogens is 1. The van der Waals surface area contributed by atoms with Crippen molar-refractivity contribution in [1.82, 2.24) is 4.57 Å². The highest BCUT2D eigenvalue weighted by molar-refractivity contribution is 5.87. The number of benzene rings is 2. The molecule has 0 atom stereocenters. The van der Waals surface area contributed by atoms with Gasteiger partial charge in [-0.05, 0) is 43.2 Å². The number of methoxy groups -OCH3 is 1. The number of ether oxygens (including phenoxy) is 1. The minimum absolute atomic E-state index is 0.898. The van der Waals surface area contributed by atoms with E-state index in [1.807, 2.05) is 6.07 Å². The Hall–Kier alpha value is -2.22. The summed E-state index contributed by atoms with van der Waals surface area (Å²) in [5.41, 5.74) is 5.17. The third-order valence-electron chi connectivity index (χ3n) is 3.92. The molecule has 0 fully saturated rings. The van der Waals surface area contributed by atoms with Gasteiger partial charge in [-0.3, -0.25) is 0 Å². The summed E-state index contributed by atoms with van der Waals surface area (Å²) in [6.07, 6.45) is 0. The smallest absolute Gasteiger partial charge is 0.128 e. The van der Waals surface area contributed by atoms with Gasteiger partial charge in [0, 0.05) is 17.6 Å². The maximum atomic E-state index is 5.46. The molecule has 0 spiro atoms. The molecule has 0 aliphatic heterocycles. The molecule has 20 heavy (non-hydrogen) atoms. The molecule has 2 aromatic carbocycles. The lowest BCUT2D eigenvalue weighted by molar-refractivity contribution is 0.420. The zero-order valence-corrected chi connectivity index (χ0v) is 12.2.